The Hall–Kier alpha value is -2.54. The Morgan fingerprint density at radius 1 is 1.12 bits per heavy atom. The van der Waals surface area contributed by atoms with E-state index in [0.717, 1.165) is 5.56 Å². The number of aromatic hydroxyl groups is 1. The van der Waals surface area contributed by atoms with E-state index in [4.69, 9.17) is 9.47 Å². The van der Waals surface area contributed by atoms with Gasteiger partial charge in [-0.1, -0.05) is 15.9 Å². The maximum absolute atomic E-state index is 12.1. The number of methoxy groups -OCH3 is 2. The second-order valence-electron chi connectivity index (χ2n) is 4.87. The molecule has 0 spiro atoms. The molecule has 0 aliphatic carbocycles. The van der Waals surface area contributed by atoms with Crippen LogP contribution in [0.25, 0.3) is 0 Å². The molecule has 2 aromatic rings. The number of rotatable bonds is 5. The Bertz CT molecular complexity index is 790. The lowest BCUT2D eigenvalue weighted by Gasteiger charge is -2.09. The van der Waals surface area contributed by atoms with E-state index >= 15 is 0 Å². The van der Waals surface area contributed by atoms with Crippen molar-refractivity contribution in [1.82, 2.24) is 5.43 Å². The molecule has 2 aromatic carbocycles. The van der Waals surface area contributed by atoms with Crippen LogP contribution >= 0.6 is 15.9 Å². The normalized spacial score (nSPS) is 11.1. The molecule has 1 amide bonds. The van der Waals surface area contributed by atoms with Crippen LogP contribution in [0.2, 0.25) is 0 Å². The van der Waals surface area contributed by atoms with Gasteiger partial charge in [0.05, 0.1) is 25.5 Å². The first-order valence-corrected chi connectivity index (χ1v) is 7.81. The summed E-state index contributed by atoms with van der Waals surface area (Å²) < 4.78 is 11.1. The van der Waals surface area contributed by atoms with Gasteiger partial charge in [0.2, 0.25) is 0 Å². The Labute approximate surface area is 148 Å². The van der Waals surface area contributed by atoms with Crippen LogP contribution in [0.3, 0.4) is 0 Å². The molecule has 0 aliphatic heterocycles. The summed E-state index contributed by atoms with van der Waals surface area (Å²) in [6, 6.07) is 9.93. The summed E-state index contributed by atoms with van der Waals surface area (Å²) in [5.74, 6) is 0.556. The van der Waals surface area contributed by atoms with Crippen molar-refractivity contribution in [3.05, 3.63) is 52.0 Å². The summed E-state index contributed by atoms with van der Waals surface area (Å²) >= 11 is 3.26. The Kier molecular flexibility index (Phi) is 5.81. The van der Waals surface area contributed by atoms with E-state index in [2.05, 4.69) is 26.5 Å². The third kappa shape index (κ3) is 4.05. The molecular weight excluding hydrogens is 376 g/mol. The lowest BCUT2D eigenvalue weighted by molar-refractivity contribution is 0.0952. The number of hydrogen-bond donors (Lipinski definition) is 2. The average Bonchev–Trinajstić information content (AvgIpc) is 2.60. The smallest absolute Gasteiger partial charge is 0.275 e. The van der Waals surface area contributed by atoms with Gasteiger partial charge in [0, 0.05) is 10.0 Å². The summed E-state index contributed by atoms with van der Waals surface area (Å²) in [5, 5.41) is 13.8. The zero-order valence-electron chi connectivity index (χ0n) is 13.5. The minimum atomic E-state index is -0.506. The minimum absolute atomic E-state index is 0.116. The van der Waals surface area contributed by atoms with Crippen molar-refractivity contribution in [3.63, 3.8) is 0 Å². The Balaban J connectivity index is 2.19. The molecule has 7 heteroatoms. The second kappa shape index (κ2) is 7.83. The highest BCUT2D eigenvalue weighted by atomic mass is 79.9. The molecular formula is C17H17BrN2O4. The number of nitrogens with zero attached hydrogens (tertiary/aromatic N) is 1. The van der Waals surface area contributed by atoms with Gasteiger partial charge < -0.3 is 14.6 Å². The van der Waals surface area contributed by atoms with Crippen molar-refractivity contribution in [2.24, 2.45) is 5.10 Å². The predicted octanol–water partition coefficient (Wildman–Crippen LogP) is 3.33. The maximum Gasteiger partial charge on any atom is 0.275 e. The van der Waals surface area contributed by atoms with E-state index in [9.17, 15) is 9.90 Å². The number of benzene rings is 2. The van der Waals surface area contributed by atoms with Gasteiger partial charge in [-0.25, -0.2) is 5.43 Å². The van der Waals surface area contributed by atoms with E-state index < -0.39 is 5.91 Å². The summed E-state index contributed by atoms with van der Waals surface area (Å²) in [4.78, 5) is 12.1. The fourth-order valence-electron chi connectivity index (χ4n) is 2.01. The standard InChI is InChI=1S/C17H17BrN2O4/c1-10(11-4-7-15(23-2)16(8-11)24-3)19-20-17(22)13-9-12(18)5-6-14(13)21/h4-9,21H,1-3H3,(H,20,22)/b19-10-. The van der Waals surface area contributed by atoms with Gasteiger partial charge in [-0.3, -0.25) is 4.79 Å². The molecule has 126 valence electrons. The molecule has 0 unspecified atom stereocenters. The van der Waals surface area contributed by atoms with Crippen molar-refractivity contribution >= 4 is 27.5 Å². The summed E-state index contributed by atoms with van der Waals surface area (Å²) in [6.07, 6.45) is 0. The topological polar surface area (TPSA) is 80.2 Å². The van der Waals surface area contributed by atoms with Gasteiger partial charge in [-0.2, -0.15) is 5.10 Å². The van der Waals surface area contributed by atoms with Gasteiger partial charge in [-0.15, -0.1) is 0 Å². The maximum atomic E-state index is 12.1. The highest BCUT2D eigenvalue weighted by molar-refractivity contribution is 9.10. The van der Waals surface area contributed by atoms with E-state index in [1.165, 1.54) is 12.1 Å². The SMILES string of the molecule is COc1ccc(/C(C)=N\NC(=O)c2cc(Br)ccc2O)cc1OC. The van der Waals surface area contributed by atoms with Crippen LogP contribution in [0.15, 0.2) is 46.0 Å². The number of amides is 1. The van der Waals surface area contributed by atoms with Crippen molar-refractivity contribution < 1.29 is 19.4 Å². The number of ether oxygens (including phenoxy) is 2. The van der Waals surface area contributed by atoms with Gasteiger partial charge in [0.25, 0.3) is 5.91 Å². The molecule has 0 aromatic heterocycles. The van der Waals surface area contributed by atoms with Gasteiger partial charge >= 0.3 is 0 Å². The molecule has 0 bridgehead atoms. The first kappa shape index (κ1) is 17.8. The second-order valence-corrected chi connectivity index (χ2v) is 5.79. The van der Waals surface area contributed by atoms with E-state index in [1.54, 1.807) is 39.3 Å². The van der Waals surface area contributed by atoms with Crippen LogP contribution in [0.1, 0.15) is 22.8 Å². The summed E-state index contributed by atoms with van der Waals surface area (Å²) in [7, 11) is 3.11. The van der Waals surface area contributed by atoms with Crippen LogP contribution in [0, 0.1) is 0 Å². The fraction of sp³-hybridized carbons (Fsp3) is 0.176. The zero-order chi connectivity index (χ0) is 17.7. The monoisotopic (exact) mass is 392 g/mol. The molecule has 2 rings (SSSR count). The lowest BCUT2D eigenvalue weighted by Crippen LogP contribution is -2.19. The Morgan fingerprint density at radius 2 is 1.83 bits per heavy atom. The van der Waals surface area contributed by atoms with Crippen molar-refractivity contribution in [2.45, 2.75) is 6.92 Å². The van der Waals surface area contributed by atoms with E-state index in [1.807, 2.05) is 6.07 Å². The van der Waals surface area contributed by atoms with Gasteiger partial charge in [0.1, 0.15) is 5.75 Å². The number of carbonyl (C=O) groups is 1. The lowest BCUT2D eigenvalue weighted by atomic mass is 10.1. The van der Waals surface area contributed by atoms with Crippen LogP contribution < -0.4 is 14.9 Å². The van der Waals surface area contributed by atoms with Crippen LogP contribution in [-0.2, 0) is 0 Å². The zero-order valence-corrected chi connectivity index (χ0v) is 15.0. The highest BCUT2D eigenvalue weighted by Gasteiger charge is 2.12. The Morgan fingerprint density at radius 3 is 2.50 bits per heavy atom. The molecule has 2 N–H and O–H groups in total. The first-order valence-electron chi connectivity index (χ1n) is 7.01. The molecule has 0 heterocycles. The number of halogens is 1. The third-order valence-electron chi connectivity index (χ3n) is 3.33. The van der Waals surface area contributed by atoms with E-state index in [-0.39, 0.29) is 11.3 Å². The number of phenols is 1. The number of carbonyl (C=O) groups excluding carboxylic acids is 1. The van der Waals surface area contributed by atoms with Crippen molar-refractivity contribution in [2.75, 3.05) is 14.2 Å². The molecule has 0 saturated heterocycles. The largest absolute Gasteiger partial charge is 0.507 e. The fourth-order valence-corrected chi connectivity index (χ4v) is 2.37. The molecule has 0 atom stereocenters. The highest BCUT2D eigenvalue weighted by Crippen LogP contribution is 2.27. The molecule has 0 fully saturated rings. The van der Waals surface area contributed by atoms with Crippen LogP contribution in [-0.4, -0.2) is 30.9 Å². The van der Waals surface area contributed by atoms with Crippen molar-refractivity contribution in [1.29, 1.82) is 0 Å². The minimum Gasteiger partial charge on any atom is -0.507 e. The predicted molar refractivity (Wildman–Crippen MR) is 95.0 cm³/mol. The summed E-state index contributed by atoms with van der Waals surface area (Å²) in [6.45, 7) is 1.75. The third-order valence-corrected chi connectivity index (χ3v) is 3.82. The van der Waals surface area contributed by atoms with Crippen molar-refractivity contribution in [3.8, 4) is 17.2 Å². The number of hydrogen-bond acceptors (Lipinski definition) is 5. The first-order chi connectivity index (χ1) is 11.5. The van der Waals surface area contributed by atoms with Crippen LogP contribution in [0.5, 0.6) is 17.2 Å². The quantitative estimate of drug-likeness (QED) is 0.603. The molecule has 0 saturated carbocycles. The van der Waals surface area contributed by atoms with Gasteiger partial charge in [-0.05, 0) is 43.3 Å². The summed E-state index contributed by atoms with van der Waals surface area (Å²) in [5.41, 5.74) is 3.91. The number of phenolic OH excluding ortho intramolecular Hbond substituents is 1. The van der Waals surface area contributed by atoms with Crippen LogP contribution in [0.4, 0.5) is 0 Å². The average molecular weight is 393 g/mol. The number of nitrogens with one attached hydrogen (secondary N) is 1. The molecule has 24 heavy (non-hydrogen) atoms. The molecule has 6 nitrogen and oxygen atoms in total. The molecule has 0 radical (unpaired) electrons. The van der Waals surface area contributed by atoms with E-state index in [0.29, 0.717) is 21.7 Å². The van der Waals surface area contributed by atoms with Gasteiger partial charge in [0.15, 0.2) is 11.5 Å². The number of hydrazone groups is 1. The molecule has 0 aliphatic rings.